The van der Waals surface area contributed by atoms with Crippen LogP contribution in [-0.4, -0.2) is 48.2 Å². The zero-order valence-electron chi connectivity index (χ0n) is 19.7. The lowest BCUT2D eigenvalue weighted by atomic mass is 9.86. The first-order valence-electron chi connectivity index (χ1n) is 11.4. The van der Waals surface area contributed by atoms with Crippen molar-refractivity contribution < 1.29 is 33.0 Å². The number of hydrogen-bond acceptors (Lipinski definition) is 4. The van der Waals surface area contributed by atoms with Gasteiger partial charge in [0.05, 0.1) is 5.92 Å². The average molecular weight is 487 g/mol. The Labute approximate surface area is 201 Å². The van der Waals surface area contributed by atoms with Crippen molar-refractivity contribution in [2.24, 2.45) is 17.3 Å². The molecule has 0 spiro atoms. The molecule has 2 unspecified atom stereocenters. The standard InChI is InChI=1S/C26H28F2N2O5/c1-25(2,3)21(23(32)33)30-22(31)20-19(26(20,27)28)12-29-24(34)35-13-18-16-10-6-4-8-14(16)15-9-5-7-11-17(15)18/h4-11,18-21H,12-13H2,1-3H3,(H,29,34)(H,30,31)(H,32,33)/t19?,20?,21-/m1/s1. The summed E-state index contributed by atoms with van der Waals surface area (Å²) in [6.07, 6.45) is -0.855. The van der Waals surface area contributed by atoms with Crippen molar-refractivity contribution in [1.82, 2.24) is 10.6 Å². The molecule has 3 N–H and O–H groups in total. The van der Waals surface area contributed by atoms with E-state index in [4.69, 9.17) is 4.74 Å². The van der Waals surface area contributed by atoms with Crippen LogP contribution in [0.3, 0.4) is 0 Å². The highest BCUT2D eigenvalue weighted by atomic mass is 19.3. The first kappa shape index (κ1) is 24.6. The summed E-state index contributed by atoms with van der Waals surface area (Å²) in [6, 6.07) is 14.3. The molecule has 1 saturated carbocycles. The highest BCUT2D eigenvalue weighted by molar-refractivity contribution is 5.88. The smallest absolute Gasteiger partial charge is 0.407 e. The maximum atomic E-state index is 14.3. The predicted octanol–water partition coefficient (Wildman–Crippen LogP) is 4.02. The molecule has 9 heteroatoms. The SMILES string of the molecule is CC(C)(C)[C@H](NC(=O)C1C(CNC(=O)OCC2c3ccccc3-c3ccccc32)C1(F)F)C(=O)O. The molecule has 0 heterocycles. The lowest BCUT2D eigenvalue weighted by Gasteiger charge is -2.27. The van der Waals surface area contributed by atoms with Crippen LogP contribution in [0.2, 0.25) is 0 Å². The van der Waals surface area contributed by atoms with Crippen LogP contribution in [0.1, 0.15) is 37.8 Å². The van der Waals surface area contributed by atoms with Crippen LogP contribution in [0, 0.1) is 17.3 Å². The van der Waals surface area contributed by atoms with Gasteiger partial charge in [-0.15, -0.1) is 0 Å². The number of halogens is 2. The number of carboxylic acids is 1. The van der Waals surface area contributed by atoms with Crippen LogP contribution < -0.4 is 10.6 Å². The number of alkyl halides is 2. The second-order valence-corrected chi connectivity index (χ2v) is 10.1. The van der Waals surface area contributed by atoms with E-state index in [2.05, 4.69) is 10.6 Å². The Bertz CT molecular complexity index is 1110. The Balaban J connectivity index is 1.32. The summed E-state index contributed by atoms with van der Waals surface area (Å²) in [7, 11) is 0. The Kier molecular flexibility index (Phi) is 6.29. The van der Waals surface area contributed by atoms with E-state index in [0.717, 1.165) is 22.3 Å². The highest BCUT2D eigenvalue weighted by Gasteiger charge is 2.72. The zero-order chi connectivity index (χ0) is 25.5. The summed E-state index contributed by atoms with van der Waals surface area (Å²) in [5.74, 6) is -9.00. The molecule has 0 saturated heterocycles. The first-order valence-corrected chi connectivity index (χ1v) is 11.4. The highest BCUT2D eigenvalue weighted by Crippen LogP contribution is 2.55. The average Bonchev–Trinajstić information content (AvgIpc) is 3.20. The van der Waals surface area contributed by atoms with Gasteiger partial charge in [0.2, 0.25) is 5.91 Å². The predicted molar refractivity (Wildman–Crippen MR) is 124 cm³/mol. The minimum atomic E-state index is -3.35. The van der Waals surface area contributed by atoms with Gasteiger partial charge in [0, 0.05) is 12.5 Å². The van der Waals surface area contributed by atoms with E-state index < -0.39 is 53.7 Å². The number of alkyl carbamates (subject to hydrolysis) is 1. The molecule has 2 aliphatic rings. The Hall–Kier alpha value is -3.49. The molecule has 2 aliphatic carbocycles. The van der Waals surface area contributed by atoms with Gasteiger partial charge < -0.3 is 20.5 Å². The summed E-state index contributed by atoms with van der Waals surface area (Å²) in [6.45, 7) is 4.35. The van der Waals surface area contributed by atoms with Crippen LogP contribution in [0.5, 0.6) is 0 Å². The minimum absolute atomic E-state index is 0.0384. The van der Waals surface area contributed by atoms with Gasteiger partial charge in [-0.25, -0.2) is 18.4 Å². The van der Waals surface area contributed by atoms with Crippen LogP contribution in [0.25, 0.3) is 11.1 Å². The Morgan fingerprint density at radius 2 is 1.57 bits per heavy atom. The molecule has 186 valence electrons. The third-order valence-electron chi connectivity index (χ3n) is 6.69. The maximum Gasteiger partial charge on any atom is 0.407 e. The third-order valence-corrected chi connectivity index (χ3v) is 6.69. The Morgan fingerprint density at radius 3 is 2.09 bits per heavy atom. The minimum Gasteiger partial charge on any atom is -0.480 e. The molecule has 1 fully saturated rings. The molecule has 0 radical (unpaired) electrons. The lowest BCUT2D eigenvalue weighted by molar-refractivity contribution is -0.145. The number of ether oxygens (including phenoxy) is 1. The van der Waals surface area contributed by atoms with Crippen molar-refractivity contribution >= 4 is 18.0 Å². The quantitative estimate of drug-likeness (QED) is 0.548. The fraction of sp³-hybridized carbons (Fsp3) is 0.423. The number of nitrogens with one attached hydrogen (secondary N) is 2. The van der Waals surface area contributed by atoms with Gasteiger partial charge >= 0.3 is 12.1 Å². The van der Waals surface area contributed by atoms with Crippen molar-refractivity contribution in [2.75, 3.05) is 13.2 Å². The molecule has 2 amide bonds. The van der Waals surface area contributed by atoms with Crippen molar-refractivity contribution in [1.29, 1.82) is 0 Å². The summed E-state index contributed by atoms with van der Waals surface area (Å²) < 4.78 is 33.9. The molecule has 0 aromatic heterocycles. The fourth-order valence-electron chi connectivity index (χ4n) is 4.73. The first-order chi connectivity index (χ1) is 16.4. The maximum absolute atomic E-state index is 14.3. The fourth-order valence-corrected chi connectivity index (χ4v) is 4.73. The molecule has 2 aromatic rings. The number of benzene rings is 2. The van der Waals surface area contributed by atoms with E-state index in [9.17, 15) is 28.3 Å². The molecule has 2 aromatic carbocycles. The van der Waals surface area contributed by atoms with Crippen molar-refractivity contribution in [2.45, 2.75) is 38.7 Å². The number of fused-ring (bicyclic) bond motifs is 3. The summed E-state index contributed by atoms with van der Waals surface area (Å²) in [4.78, 5) is 36.1. The van der Waals surface area contributed by atoms with E-state index in [1.165, 1.54) is 0 Å². The molecule has 3 atom stereocenters. The number of rotatable bonds is 7. The lowest BCUT2D eigenvalue weighted by Crippen LogP contribution is -2.50. The van der Waals surface area contributed by atoms with Gasteiger partial charge in [-0.1, -0.05) is 69.3 Å². The van der Waals surface area contributed by atoms with Crippen LogP contribution in [0.4, 0.5) is 13.6 Å². The molecule has 35 heavy (non-hydrogen) atoms. The van der Waals surface area contributed by atoms with Gasteiger partial charge in [0.15, 0.2) is 0 Å². The normalized spacial score (nSPS) is 20.8. The monoisotopic (exact) mass is 486 g/mol. The van der Waals surface area contributed by atoms with Crippen LogP contribution >= 0.6 is 0 Å². The zero-order valence-corrected chi connectivity index (χ0v) is 19.7. The molecule has 0 aliphatic heterocycles. The van der Waals surface area contributed by atoms with Crippen molar-refractivity contribution in [3.05, 3.63) is 59.7 Å². The van der Waals surface area contributed by atoms with E-state index in [-0.39, 0.29) is 12.5 Å². The van der Waals surface area contributed by atoms with Gasteiger partial charge in [0.25, 0.3) is 5.92 Å². The van der Waals surface area contributed by atoms with Crippen molar-refractivity contribution in [3.8, 4) is 11.1 Å². The van der Waals surface area contributed by atoms with Crippen LogP contribution in [0.15, 0.2) is 48.5 Å². The largest absolute Gasteiger partial charge is 0.480 e. The number of hydrogen-bond donors (Lipinski definition) is 3. The van der Waals surface area contributed by atoms with E-state index in [1.807, 2.05) is 48.5 Å². The number of carbonyl (C=O) groups is 3. The summed E-state index contributed by atoms with van der Waals surface area (Å²) in [5, 5.41) is 13.9. The van der Waals surface area contributed by atoms with E-state index >= 15 is 0 Å². The van der Waals surface area contributed by atoms with Gasteiger partial charge in [-0.3, -0.25) is 4.79 Å². The van der Waals surface area contributed by atoms with E-state index in [0.29, 0.717) is 0 Å². The third kappa shape index (κ3) is 4.72. The molecule has 4 rings (SSSR count). The Morgan fingerprint density at radius 1 is 1.03 bits per heavy atom. The second-order valence-electron chi connectivity index (χ2n) is 10.1. The van der Waals surface area contributed by atoms with Gasteiger partial charge in [-0.2, -0.15) is 0 Å². The topological polar surface area (TPSA) is 105 Å². The second kappa shape index (κ2) is 8.94. The summed E-state index contributed by atoms with van der Waals surface area (Å²) >= 11 is 0. The molecule has 0 bridgehead atoms. The van der Waals surface area contributed by atoms with Crippen LogP contribution in [-0.2, 0) is 14.3 Å². The molecular weight excluding hydrogens is 458 g/mol. The van der Waals surface area contributed by atoms with Crippen molar-refractivity contribution in [3.63, 3.8) is 0 Å². The molecule has 7 nitrogen and oxygen atoms in total. The van der Waals surface area contributed by atoms with E-state index in [1.54, 1.807) is 20.8 Å². The molecular formula is C26H28F2N2O5. The summed E-state index contributed by atoms with van der Waals surface area (Å²) in [5.41, 5.74) is 3.33. The van der Waals surface area contributed by atoms with Gasteiger partial charge in [-0.05, 0) is 27.7 Å². The number of amides is 2. The number of carbonyl (C=O) groups excluding carboxylic acids is 2. The number of aliphatic carboxylic acids is 1. The van der Waals surface area contributed by atoms with Gasteiger partial charge in [0.1, 0.15) is 18.6 Å². The number of carboxylic acid groups (broad SMARTS) is 1.